The molecule has 0 aliphatic carbocycles. The number of hydrogen-bond acceptors (Lipinski definition) is 1. The Bertz CT molecular complexity index is 625. The van der Waals surface area contributed by atoms with E-state index in [1.807, 2.05) is 0 Å². The fourth-order valence-electron chi connectivity index (χ4n) is 1.88. The van der Waals surface area contributed by atoms with Crippen molar-refractivity contribution >= 4 is 11.6 Å². The average molecular weight is 304 g/mol. The first-order valence-electron chi connectivity index (χ1n) is 5.73. The zero-order valence-electron chi connectivity index (χ0n) is 10.1. The van der Waals surface area contributed by atoms with E-state index >= 15 is 0 Å². The highest BCUT2D eigenvalue weighted by molar-refractivity contribution is 6.31. The molecule has 0 saturated heterocycles. The standard InChI is InChI=1S/C14H10ClF4N/c15-9-2-1-3-10(16)7(9)5-14(20)8-4-12(18)13(19)6-11(8)17/h1-4,6,14H,5,20H2. The summed E-state index contributed by atoms with van der Waals surface area (Å²) in [7, 11) is 0. The van der Waals surface area contributed by atoms with E-state index in [0.717, 1.165) is 0 Å². The third kappa shape index (κ3) is 2.94. The van der Waals surface area contributed by atoms with Crippen LogP contribution >= 0.6 is 11.6 Å². The van der Waals surface area contributed by atoms with E-state index in [-0.39, 0.29) is 22.6 Å². The van der Waals surface area contributed by atoms with Gasteiger partial charge in [-0.05, 0) is 24.6 Å². The van der Waals surface area contributed by atoms with Gasteiger partial charge in [0, 0.05) is 28.3 Å². The summed E-state index contributed by atoms with van der Waals surface area (Å²) in [4.78, 5) is 0. The van der Waals surface area contributed by atoms with Crippen LogP contribution in [0.2, 0.25) is 5.02 Å². The highest BCUT2D eigenvalue weighted by Crippen LogP contribution is 2.26. The molecule has 0 heterocycles. The van der Waals surface area contributed by atoms with E-state index < -0.39 is 29.3 Å². The highest BCUT2D eigenvalue weighted by atomic mass is 35.5. The van der Waals surface area contributed by atoms with Gasteiger partial charge in [0.05, 0.1) is 0 Å². The van der Waals surface area contributed by atoms with Crippen molar-refractivity contribution in [3.05, 3.63) is 69.8 Å². The molecule has 0 aliphatic heterocycles. The van der Waals surface area contributed by atoms with Crippen molar-refractivity contribution in [3.63, 3.8) is 0 Å². The summed E-state index contributed by atoms with van der Waals surface area (Å²) in [5, 5.41) is 0.142. The van der Waals surface area contributed by atoms with Gasteiger partial charge in [-0.1, -0.05) is 17.7 Å². The molecule has 0 aliphatic rings. The minimum absolute atomic E-state index is 0.103. The molecule has 0 amide bonds. The summed E-state index contributed by atoms with van der Waals surface area (Å²) >= 11 is 5.83. The Labute approximate surface area is 118 Å². The van der Waals surface area contributed by atoms with Crippen LogP contribution in [0.1, 0.15) is 17.2 Å². The molecule has 0 fully saturated rings. The zero-order chi connectivity index (χ0) is 14.9. The van der Waals surface area contributed by atoms with Gasteiger partial charge in [0.2, 0.25) is 0 Å². The molecule has 2 aromatic carbocycles. The molecule has 2 rings (SSSR count). The van der Waals surface area contributed by atoms with Crippen LogP contribution in [0.5, 0.6) is 0 Å². The van der Waals surface area contributed by atoms with Crippen molar-refractivity contribution in [1.29, 1.82) is 0 Å². The third-order valence-electron chi connectivity index (χ3n) is 2.92. The molecule has 0 aromatic heterocycles. The quantitative estimate of drug-likeness (QED) is 0.669. The van der Waals surface area contributed by atoms with Crippen molar-refractivity contribution in [2.45, 2.75) is 12.5 Å². The maximum Gasteiger partial charge on any atom is 0.161 e. The van der Waals surface area contributed by atoms with Gasteiger partial charge in [-0.25, -0.2) is 17.6 Å². The third-order valence-corrected chi connectivity index (χ3v) is 3.28. The first-order valence-corrected chi connectivity index (χ1v) is 6.11. The maximum atomic E-state index is 13.6. The van der Waals surface area contributed by atoms with Crippen molar-refractivity contribution in [2.75, 3.05) is 0 Å². The lowest BCUT2D eigenvalue weighted by molar-refractivity contribution is 0.483. The highest BCUT2D eigenvalue weighted by Gasteiger charge is 2.18. The maximum absolute atomic E-state index is 13.6. The van der Waals surface area contributed by atoms with Crippen LogP contribution in [-0.2, 0) is 6.42 Å². The lowest BCUT2D eigenvalue weighted by Crippen LogP contribution is -2.16. The van der Waals surface area contributed by atoms with Crippen LogP contribution in [0.15, 0.2) is 30.3 Å². The second-order valence-corrected chi connectivity index (χ2v) is 4.71. The van der Waals surface area contributed by atoms with Crippen LogP contribution in [0.4, 0.5) is 17.6 Å². The molecular formula is C14H10ClF4N. The molecule has 106 valence electrons. The van der Waals surface area contributed by atoms with Crippen LogP contribution in [0.25, 0.3) is 0 Å². The first-order chi connectivity index (χ1) is 9.40. The van der Waals surface area contributed by atoms with Crippen molar-refractivity contribution in [3.8, 4) is 0 Å². The lowest BCUT2D eigenvalue weighted by atomic mass is 9.98. The minimum atomic E-state index is -1.30. The molecule has 0 spiro atoms. The fourth-order valence-corrected chi connectivity index (χ4v) is 2.12. The van der Waals surface area contributed by atoms with E-state index in [2.05, 4.69) is 0 Å². The Hall–Kier alpha value is -1.59. The Morgan fingerprint density at radius 1 is 0.950 bits per heavy atom. The van der Waals surface area contributed by atoms with E-state index in [1.54, 1.807) is 0 Å². The second kappa shape index (κ2) is 5.81. The number of hydrogen-bond donors (Lipinski definition) is 1. The summed E-state index contributed by atoms with van der Waals surface area (Å²) in [6.45, 7) is 0. The molecule has 2 N–H and O–H groups in total. The lowest BCUT2D eigenvalue weighted by Gasteiger charge is -2.15. The minimum Gasteiger partial charge on any atom is -0.324 e. The van der Waals surface area contributed by atoms with Gasteiger partial charge >= 0.3 is 0 Å². The monoisotopic (exact) mass is 303 g/mol. The molecule has 0 bridgehead atoms. The van der Waals surface area contributed by atoms with Gasteiger partial charge in [0.25, 0.3) is 0 Å². The van der Waals surface area contributed by atoms with Crippen LogP contribution in [0, 0.1) is 23.3 Å². The van der Waals surface area contributed by atoms with Crippen LogP contribution < -0.4 is 5.73 Å². The van der Waals surface area contributed by atoms with E-state index in [1.165, 1.54) is 18.2 Å². The smallest absolute Gasteiger partial charge is 0.161 e. The second-order valence-electron chi connectivity index (χ2n) is 4.30. The van der Waals surface area contributed by atoms with Crippen LogP contribution in [-0.4, -0.2) is 0 Å². The summed E-state index contributed by atoms with van der Waals surface area (Å²) in [5.74, 6) is -4.08. The fraction of sp³-hybridized carbons (Fsp3) is 0.143. The summed E-state index contributed by atoms with van der Waals surface area (Å²) in [5.41, 5.74) is 5.60. The Balaban J connectivity index is 2.33. The van der Waals surface area contributed by atoms with Gasteiger partial charge in [-0.2, -0.15) is 0 Å². The molecule has 1 nitrogen and oxygen atoms in total. The Kier molecular flexibility index (Phi) is 4.30. The van der Waals surface area contributed by atoms with Crippen molar-refractivity contribution in [2.24, 2.45) is 5.73 Å². The predicted octanol–water partition coefficient (Wildman–Crippen LogP) is 4.14. The zero-order valence-corrected chi connectivity index (χ0v) is 10.9. The van der Waals surface area contributed by atoms with E-state index in [9.17, 15) is 17.6 Å². The van der Waals surface area contributed by atoms with Crippen molar-refractivity contribution in [1.82, 2.24) is 0 Å². The molecular weight excluding hydrogens is 294 g/mol. The van der Waals surface area contributed by atoms with E-state index in [4.69, 9.17) is 17.3 Å². The molecule has 0 saturated carbocycles. The van der Waals surface area contributed by atoms with Crippen LogP contribution in [0.3, 0.4) is 0 Å². The Morgan fingerprint density at radius 3 is 2.25 bits per heavy atom. The number of benzene rings is 2. The van der Waals surface area contributed by atoms with Gasteiger partial charge in [-0.15, -0.1) is 0 Å². The summed E-state index contributed by atoms with van der Waals surface area (Å²) in [6, 6.07) is 4.12. The van der Waals surface area contributed by atoms with Gasteiger partial charge in [0.1, 0.15) is 11.6 Å². The predicted molar refractivity (Wildman–Crippen MR) is 68.4 cm³/mol. The number of nitrogens with two attached hydrogens (primary N) is 1. The normalized spacial score (nSPS) is 12.5. The number of halogens is 5. The SMILES string of the molecule is NC(Cc1c(F)cccc1Cl)c1cc(F)c(F)cc1F. The molecule has 1 unspecified atom stereocenters. The van der Waals surface area contributed by atoms with Gasteiger partial charge in [-0.3, -0.25) is 0 Å². The Morgan fingerprint density at radius 2 is 1.60 bits per heavy atom. The molecule has 2 aromatic rings. The first kappa shape index (κ1) is 14.8. The van der Waals surface area contributed by atoms with Gasteiger partial charge in [0.15, 0.2) is 11.6 Å². The molecule has 6 heteroatoms. The van der Waals surface area contributed by atoms with Gasteiger partial charge < -0.3 is 5.73 Å². The summed E-state index contributed by atoms with van der Waals surface area (Å²) in [6.07, 6.45) is -0.131. The van der Waals surface area contributed by atoms with E-state index in [0.29, 0.717) is 12.1 Å². The molecule has 20 heavy (non-hydrogen) atoms. The summed E-state index contributed by atoms with van der Waals surface area (Å²) < 4.78 is 53.1. The molecule has 1 atom stereocenters. The molecule has 0 radical (unpaired) electrons. The topological polar surface area (TPSA) is 26.0 Å². The van der Waals surface area contributed by atoms with Crippen molar-refractivity contribution < 1.29 is 17.6 Å². The largest absolute Gasteiger partial charge is 0.324 e. The average Bonchev–Trinajstić information content (AvgIpc) is 2.38. The number of rotatable bonds is 3.